The third-order valence-corrected chi connectivity index (χ3v) is 4.49. The van der Waals surface area contributed by atoms with Gasteiger partial charge in [-0.2, -0.15) is 0 Å². The molecule has 0 fully saturated rings. The molecule has 0 aromatic carbocycles. The zero-order valence-electron chi connectivity index (χ0n) is 10.7. The molecule has 5 heteroatoms. The average molecular weight is 373 g/mol. The molecule has 0 saturated carbocycles. The average Bonchev–Trinajstić information content (AvgIpc) is 2.74. The van der Waals surface area contributed by atoms with Crippen LogP contribution >= 0.6 is 33.9 Å². The number of rotatable bonds is 2. The lowest BCUT2D eigenvalue weighted by atomic mass is 9.92. The SMILES string of the molecule is CC(C)(C)c1nc(Cc2cccs2)nc(N)c1I. The van der Waals surface area contributed by atoms with Gasteiger partial charge in [-0.25, -0.2) is 9.97 Å². The summed E-state index contributed by atoms with van der Waals surface area (Å²) < 4.78 is 0.968. The minimum atomic E-state index is -0.0161. The molecule has 0 saturated heterocycles. The van der Waals surface area contributed by atoms with Gasteiger partial charge in [0.2, 0.25) is 0 Å². The van der Waals surface area contributed by atoms with Gasteiger partial charge in [-0.3, -0.25) is 0 Å². The molecule has 0 amide bonds. The van der Waals surface area contributed by atoms with Crippen LogP contribution in [0, 0.1) is 3.57 Å². The zero-order valence-corrected chi connectivity index (χ0v) is 13.7. The molecular formula is C13H16IN3S. The predicted molar refractivity (Wildman–Crippen MR) is 85.0 cm³/mol. The van der Waals surface area contributed by atoms with Gasteiger partial charge in [0.1, 0.15) is 11.6 Å². The number of aromatic nitrogens is 2. The van der Waals surface area contributed by atoms with Crippen LogP contribution in [-0.2, 0) is 11.8 Å². The maximum absolute atomic E-state index is 5.99. The molecule has 0 atom stereocenters. The highest BCUT2D eigenvalue weighted by Gasteiger charge is 2.22. The summed E-state index contributed by atoms with van der Waals surface area (Å²) in [6.45, 7) is 6.43. The summed E-state index contributed by atoms with van der Waals surface area (Å²) in [6, 6.07) is 4.14. The third-order valence-electron chi connectivity index (χ3n) is 2.55. The number of nitrogens with two attached hydrogens (primary N) is 1. The molecule has 0 radical (unpaired) electrons. The highest BCUT2D eigenvalue weighted by atomic mass is 127. The van der Waals surface area contributed by atoms with Crippen molar-refractivity contribution in [3.05, 3.63) is 37.5 Å². The standard InChI is InChI=1S/C13H16IN3S/c1-13(2,3)11-10(14)12(15)17-9(16-11)7-8-5-4-6-18-8/h4-6H,7H2,1-3H3,(H2,15,16,17). The fourth-order valence-corrected chi connectivity index (χ4v) is 3.41. The highest BCUT2D eigenvalue weighted by molar-refractivity contribution is 14.1. The van der Waals surface area contributed by atoms with Crippen LogP contribution in [0.1, 0.15) is 37.2 Å². The minimum Gasteiger partial charge on any atom is -0.383 e. The molecular weight excluding hydrogens is 357 g/mol. The van der Waals surface area contributed by atoms with Crippen LogP contribution in [0.4, 0.5) is 5.82 Å². The number of hydrogen-bond donors (Lipinski definition) is 1. The number of anilines is 1. The van der Waals surface area contributed by atoms with Gasteiger partial charge in [0.25, 0.3) is 0 Å². The van der Waals surface area contributed by atoms with E-state index in [1.165, 1.54) is 4.88 Å². The summed E-state index contributed by atoms with van der Waals surface area (Å²) >= 11 is 3.95. The summed E-state index contributed by atoms with van der Waals surface area (Å²) in [7, 11) is 0. The second-order valence-corrected chi connectivity index (χ2v) is 7.30. The lowest BCUT2D eigenvalue weighted by Gasteiger charge is -2.20. The van der Waals surface area contributed by atoms with Gasteiger partial charge >= 0.3 is 0 Å². The van der Waals surface area contributed by atoms with E-state index in [1.807, 2.05) is 6.07 Å². The molecule has 0 unspecified atom stereocenters. The zero-order chi connectivity index (χ0) is 13.3. The van der Waals surface area contributed by atoms with E-state index in [1.54, 1.807) is 11.3 Å². The monoisotopic (exact) mass is 373 g/mol. The van der Waals surface area contributed by atoms with Crippen molar-refractivity contribution in [3.8, 4) is 0 Å². The van der Waals surface area contributed by atoms with E-state index >= 15 is 0 Å². The van der Waals surface area contributed by atoms with E-state index in [0.29, 0.717) is 5.82 Å². The summed E-state index contributed by atoms with van der Waals surface area (Å²) in [6.07, 6.45) is 0.752. The fraction of sp³-hybridized carbons (Fsp3) is 0.385. The molecule has 18 heavy (non-hydrogen) atoms. The highest BCUT2D eigenvalue weighted by Crippen LogP contribution is 2.28. The van der Waals surface area contributed by atoms with Crippen molar-refractivity contribution in [2.24, 2.45) is 0 Å². The first-order chi connectivity index (χ1) is 8.38. The summed E-state index contributed by atoms with van der Waals surface area (Å²) in [5, 5.41) is 2.07. The van der Waals surface area contributed by atoms with Crippen molar-refractivity contribution >= 4 is 39.7 Å². The maximum Gasteiger partial charge on any atom is 0.140 e. The molecule has 2 heterocycles. The summed E-state index contributed by atoms with van der Waals surface area (Å²) in [5.74, 6) is 1.39. The van der Waals surface area contributed by atoms with E-state index in [9.17, 15) is 0 Å². The molecule has 2 rings (SSSR count). The molecule has 2 aromatic heterocycles. The third kappa shape index (κ3) is 3.00. The molecule has 2 N–H and O–H groups in total. The van der Waals surface area contributed by atoms with Crippen LogP contribution < -0.4 is 5.73 Å². The Balaban J connectivity index is 2.41. The Labute approximate surface area is 125 Å². The first-order valence-corrected chi connectivity index (χ1v) is 7.68. The van der Waals surface area contributed by atoms with Gasteiger partial charge in [-0.1, -0.05) is 26.8 Å². The fourth-order valence-electron chi connectivity index (χ4n) is 1.66. The van der Waals surface area contributed by atoms with Crippen LogP contribution in [0.15, 0.2) is 17.5 Å². The van der Waals surface area contributed by atoms with Crippen molar-refractivity contribution < 1.29 is 0 Å². The Morgan fingerprint density at radius 1 is 1.33 bits per heavy atom. The van der Waals surface area contributed by atoms with Crippen LogP contribution in [0.3, 0.4) is 0 Å². The second kappa shape index (κ2) is 5.13. The lowest BCUT2D eigenvalue weighted by molar-refractivity contribution is 0.559. The molecule has 0 aliphatic rings. The molecule has 0 spiro atoms. The normalized spacial score (nSPS) is 11.8. The topological polar surface area (TPSA) is 51.8 Å². The largest absolute Gasteiger partial charge is 0.383 e. The first-order valence-electron chi connectivity index (χ1n) is 5.72. The van der Waals surface area contributed by atoms with Crippen molar-refractivity contribution in [3.63, 3.8) is 0 Å². The summed E-state index contributed by atoms with van der Waals surface area (Å²) in [4.78, 5) is 10.3. The smallest absolute Gasteiger partial charge is 0.140 e. The van der Waals surface area contributed by atoms with Crippen LogP contribution in [0.2, 0.25) is 0 Å². The number of halogens is 1. The number of nitrogen functional groups attached to an aromatic ring is 1. The Kier molecular flexibility index (Phi) is 3.91. The van der Waals surface area contributed by atoms with Gasteiger partial charge in [-0.15, -0.1) is 11.3 Å². The molecule has 96 valence electrons. The predicted octanol–water partition coefficient (Wildman–Crippen LogP) is 3.61. The van der Waals surface area contributed by atoms with E-state index in [0.717, 1.165) is 21.5 Å². The van der Waals surface area contributed by atoms with Gasteiger partial charge in [0, 0.05) is 16.7 Å². The van der Waals surface area contributed by atoms with E-state index < -0.39 is 0 Å². The van der Waals surface area contributed by atoms with Gasteiger partial charge in [0.05, 0.1) is 9.26 Å². The van der Waals surface area contributed by atoms with Gasteiger partial charge in [0.15, 0.2) is 0 Å². The molecule has 0 aliphatic carbocycles. The number of hydrogen-bond acceptors (Lipinski definition) is 4. The molecule has 0 bridgehead atoms. The Morgan fingerprint density at radius 3 is 2.61 bits per heavy atom. The number of thiophene rings is 1. The van der Waals surface area contributed by atoms with E-state index in [-0.39, 0.29) is 5.41 Å². The van der Waals surface area contributed by atoms with E-state index in [2.05, 4.69) is 64.8 Å². The van der Waals surface area contributed by atoms with Crippen LogP contribution in [-0.4, -0.2) is 9.97 Å². The quantitative estimate of drug-likeness (QED) is 0.819. The Morgan fingerprint density at radius 2 is 2.06 bits per heavy atom. The van der Waals surface area contributed by atoms with Crippen molar-refractivity contribution in [1.29, 1.82) is 0 Å². The number of nitrogens with zero attached hydrogens (tertiary/aromatic N) is 2. The van der Waals surface area contributed by atoms with Crippen molar-refractivity contribution in [2.75, 3.05) is 5.73 Å². The van der Waals surface area contributed by atoms with Gasteiger partial charge in [-0.05, 0) is 34.0 Å². The Hall–Kier alpha value is -0.690. The first kappa shape index (κ1) is 13.7. The minimum absolute atomic E-state index is 0.0161. The molecule has 0 aliphatic heterocycles. The van der Waals surface area contributed by atoms with Crippen LogP contribution in [0.25, 0.3) is 0 Å². The molecule has 3 nitrogen and oxygen atoms in total. The van der Waals surface area contributed by atoms with Gasteiger partial charge < -0.3 is 5.73 Å². The van der Waals surface area contributed by atoms with E-state index in [4.69, 9.17) is 5.73 Å². The summed E-state index contributed by atoms with van der Waals surface area (Å²) in [5.41, 5.74) is 7.01. The Bertz CT molecular complexity index is 544. The maximum atomic E-state index is 5.99. The van der Waals surface area contributed by atoms with Crippen LogP contribution in [0.5, 0.6) is 0 Å². The van der Waals surface area contributed by atoms with Crippen molar-refractivity contribution in [2.45, 2.75) is 32.6 Å². The lowest BCUT2D eigenvalue weighted by Crippen LogP contribution is -2.19. The second-order valence-electron chi connectivity index (χ2n) is 5.19. The molecule has 2 aromatic rings. The van der Waals surface area contributed by atoms with Crippen molar-refractivity contribution in [1.82, 2.24) is 9.97 Å².